The van der Waals surface area contributed by atoms with Crippen molar-refractivity contribution in [3.8, 4) is 0 Å². The number of likely N-dealkylation sites (tertiary alicyclic amines) is 1. The highest BCUT2D eigenvalue weighted by molar-refractivity contribution is 5.83. The smallest absolute Gasteiger partial charge is 0.226 e. The Bertz CT molecular complexity index is 565. The van der Waals surface area contributed by atoms with Crippen LogP contribution in [0.5, 0.6) is 0 Å². The summed E-state index contributed by atoms with van der Waals surface area (Å²) in [6.45, 7) is 3.22. The minimum Gasteiger partial charge on any atom is -0.351 e. The van der Waals surface area contributed by atoms with E-state index in [0.29, 0.717) is 30.3 Å². The van der Waals surface area contributed by atoms with E-state index in [1.807, 2.05) is 4.90 Å². The van der Waals surface area contributed by atoms with Gasteiger partial charge in [0.05, 0.1) is 12.5 Å². The summed E-state index contributed by atoms with van der Waals surface area (Å²) in [7, 11) is 0. The van der Waals surface area contributed by atoms with E-state index in [1.165, 1.54) is 32.1 Å². The van der Waals surface area contributed by atoms with Crippen molar-refractivity contribution in [1.29, 1.82) is 0 Å². The van der Waals surface area contributed by atoms with Crippen LogP contribution in [-0.4, -0.2) is 46.2 Å². The van der Waals surface area contributed by atoms with E-state index in [1.54, 1.807) is 6.92 Å². The van der Waals surface area contributed by atoms with Gasteiger partial charge in [-0.05, 0) is 25.7 Å². The summed E-state index contributed by atoms with van der Waals surface area (Å²) in [6, 6.07) is -0.0984. The SMILES string of the molecule is Cc1nonc1CC(=O)NC1CC(=O)N(CC2CCCCC2)C1. The van der Waals surface area contributed by atoms with Gasteiger partial charge in [0, 0.05) is 19.5 Å². The maximum Gasteiger partial charge on any atom is 0.226 e. The maximum absolute atomic E-state index is 12.1. The van der Waals surface area contributed by atoms with E-state index in [0.717, 1.165) is 6.54 Å². The second kappa shape index (κ2) is 7.10. The van der Waals surface area contributed by atoms with Crippen LogP contribution in [0, 0.1) is 12.8 Å². The summed E-state index contributed by atoms with van der Waals surface area (Å²) in [5, 5.41) is 10.3. The number of aromatic nitrogens is 2. The van der Waals surface area contributed by atoms with Crippen molar-refractivity contribution in [3.63, 3.8) is 0 Å². The van der Waals surface area contributed by atoms with Gasteiger partial charge in [-0.15, -0.1) is 0 Å². The fourth-order valence-corrected chi connectivity index (χ4v) is 3.57. The summed E-state index contributed by atoms with van der Waals surface area (Å²) in [6.07, 6.45) is 6.85. The standard InChI is InChI=1S/C16H24N4O3/c1-11-14(19-23-18-11)8-15(21)17-13-7-16(22)20(10-13)9-12-5-3-2-4-6-12/h12-13H,2-10H2,1H3,(H,17,21). The van der Waals surface area contributed by atoms with Crippen LogP contribution in [0.3, 0.4) is 0 Å². The quantitative estimate of drug-likeness (QED) is 0.881. The van der Waals surface area contributed by atoms with E-state index >= 15 is 0 Å². The fourth-order valence-electron chi connectivity index (χ4n) is 3.57. The molecule has 1 unspecified atom stereocenters. The molecule has 1 saturated carbocycles. The molecule has 2 amide bonds. The van der Waals surface area contributed by atoms with E-state index < -0.39 is 0 Å². The van der Waals surface area contributed by atoms with Gasteiger partial charge in [0.1, 0.15) is 11.4 Å². The van der Waals surface area contributed by atoms with Crippen LogP contribution >= 0.6 is 0 Å². The number of nitrogens with zero attached hydrogens (tertiary/aromatic N) is 3. The zero-order chi connectivity index (χ0) is 16.2. The molecule has 2 aliphatic rings. The molecule has 0 radical (unpaired) electrons. The second-order valence-corrected chi connectivity index (χ2v) is 6.74. The second-order valence-electron chi connectivity index (χ2n) is 6.74. The van der Waals surface area contributed by atoms with Crippen LogP contribution in [0.2, 0.25) is 0 Å². The fraction of sp³-hybridized carbons (Fsp3) is 0.750. The normalized spacial score (nSPS) is 22.6. The monoisotopic (exact) mass is 320 g/mol. The Morgan fingerprint density at radius 2 is 2.09 bits per heavy atom. The van der Waals surface area contributed by atoms with Gasteiger partial charge in [-0.1, -0.05) is 29.6 Å². The lowest BCUT2D eigenvalue weighted by Crippen LogP contribution is -2.39. The summed E-state index contributed by atoms with van der Waals surface area (Å²) >= 11 is 0. The summed E-state index contributed by atoms with van der Waals surface area (Å²) in [5.74, 6) is 0.646. The highest BCUT2D eigenvalue weighted by Crippen LogP contribution is 2.26. The molecule has 0 spiro atoms. The van der Waals surface area contributed by atoms with Crippen LogP contribution < -0.4 is 5.32 Å². The van der Waals surface area contributed by atoms with Crippen molar-refractivity contribution in [3.05, 3.63) is 11.4 Å². The first-order valence-corrected chi connectivity index (χ1v) is 8.47. The van der Waals surface area contributed by atoms with Gasteiger partial charge in [-0.25, -0.2) is 4.63 Å². The molecule has 1 aliphatic carbocycles. The van der Waals surface area contributed by atoms with Gasteiger partial charge in [0.2, 0.25) is 11.8 Å². The molecule has 1 aliphatic heterocycles. The third kappa shape index (κ3) is 4.09. The summed E-state index contributed by atoms with van der Waals surface area (Å²) in [4.78, 5) is 26.1. The zero-order valence-electron chi connectivity index (χ0n) is 13.6. The summed E-state index contributed by atoms with van der Waals surface area (Å²) < 4.78 is 4.59. The number of hydrogen-bond acceptors (Lipinski definition) is 5. The van der Waals surface area contributed by atoms with Gasteiger partial charge in [-0.2, -0.15) is 0 Å². The molecular weight excluding hydrogens is 296 g/mol. The third-order valence-corrected chi connectivity index (χ3v) is 4.86. The maximum atomic E-state index is 12.1. The molecule has 126 valence electrons. The van der Waals surface area contributed by atoms with Crippen LogP contribution in [0.1, 0.15) is 49.9 Å². The molecule has 7 heteroatoms. The van der Waals surface area contributed by atoms with Crippen molar-refractivity contribution in [2.45, 2.75) is 57.9 Å². The minimum atomic E-state index is -0.138. The Morgan fingerprint density at radius 1 is 1.30 bits per heavy atom. The summed E-state index contributed by atoms with van der Waals surface area (Å²) in [5.41, 5.74) is 1.17. The first-order valence-electron chi connectivity index (χ1n) is 8.47. The lowest BCUT2D eigenvalue weighted by molar-refractivity contribution is -0.128. The Balaban J connectivity index is 1.47. The van der Waals surface area contributed by atoms with Crippen molar-refractivity contribution in [2.75, 3.05) is 13.1 Å². The zero-order valence-corrected chi connectivity index (χ0v) is 13.6. The highest BCUT2D eigenvalue weighted by Gasteiger charge is 2.32. The molecule has 1 aromatic rings. The van der Waals surface area contributed by atoms with E-state index in [9.17, 15) is 9.59 Å². The number of amides is 2. The minimum absolute atomic E-state index is 0.0984. The molecular formula is C16H24N4O3. The van der Waals surface area contributed by atoms with Crippen LogP contribution in [0.4, 0.5) is 0 Å². The van der Waals surface area contributed by atoms with Crippen LogP contribution in [-0.2, 0) is 16.0 Å². The largest absolute Gasteiger partial charge is 0.351 e. The first kappa shape index (κ1) is 16.0. The Kier molecular flexibility index (Phi) is 4.93. The van der Waals surface area contributed by atoms with Gasteiger partial charge >= 0.3 is 0 Å². The number of carbonyl (C=O) groups is 2. The molecule has 2 heterocycles. The molecule has 3 rings (SSSR count). The molecule has 23 heavy (non-hydrogen) atoms. The third-order valence-electron chi connectivity index (χ3n) is 4.86. The molecule has 1 atom stereocenters. The average Bonchev–Trinajstić information content (AvgIpc) is 3.07. The predicted molar refractivity (Wildman–Crippen MR) is 82.4 cm³/mol. The Morgan fingerprint density at radius 3 is 2.78 bits per heavy atom. The van der Waals surface area contributed by atoms with Gasteiger partial charge < -0.3 is 10.2 Å². The lowest BCUT2D eigenvalue weighted by atomic mass is 9.89. The Hall–Kier alpha value is -1.92. The van der Waals surface area contributed by atoms with Crippen molar-refractivity contribution >= 4 is 11.8 Å². The average molecular weight is 320 g/mol. The van der Waals surface area contributed by atoms with Crippen LogP contribution in [0.25, 0.3) is 0 Å². The number of hydrogen-bond donors (Lipinski definition) is 1. The number of rotatable bonds is 5. The van der Waals surface area contributed by atoms with E-state index in [4.69, 9.17) is 0 Å². The van der Waals surface area contributed by atoms with E-state index in [-0.39, 0.29) is 24.3 Å². The number of carbonyl (C=O) groups excluding carboxylic acids is 2. The van der Waals surface area contributed by atoms with Crippen molar-refractivity contribution < 1.29 is 14.2 Å². The van der Waals surface area contributed by atoms with Gasteiger partial charge in [0.25, 0.3) is 0 Å². The molecule has 0 bridgehead atoms. The van der Waals surface area contributed by atoms with E-state index in [2.05, 4.69) is 20.3 Å². The molecule has 0 aromatic carbocycles. The lowest BCUT2D eigenvalue weighted by Gasteiger charge is -2.27. The molecule has 1 aromatic heterocycles. The van der Waals surface area contributed by atoms with Crippen molar-refractivity contribution in [1.82, 2.24) is 20.5 Å². The van der Waals surface area contributed by atoms with Gasteiger partial charge in [0.15, 0.2) is 0 Å². The molecule has 7 nitrogen and oxygen atoms in total. The molecule has 2 fully saturated rings. The Labute approximate surface area is 135 Å². The number of aryl methyl sites for hydroxylation is 1. The molecule has 1 saturated heterocycles. The highest BCUT2D eigenvalue weighted by atomic mass is 16.6. The first-order chi connectivity index (χ1) is 11.1. The van der Waals surface area contributed by atoms with Crippen LogP contribution in [0.15, 0.2) is 4.63 Å². The predicted octanol–water partition coefficient (Wildman–Crippen LogP) is 1.22. The van der Waals surface area contributed by atoms with Gasteiger partial charge in [-0.3, -0.25) is 9.59 Å². The molecule has 1 N–H and O–H groups in total. The van der Waals surface area contributed by atoms with Crippen molar-refractivity contribution in [2.24, 2.45) is 5.92 Å². The topological polar surface area (TPSA) is 88.3 Å². The number of nitrogens with one attached hydrogen (secondary N) is 1.